The van der Waals surface area contributed by atoms with Crippen molar-refractivity contribution in [2.24, 2.45) is 0 Å². The van der Waals surface area contributed by atoms with E-state index in [0.717, 1.165) is 57.8 Å². The van der Waals surface area contributed by atoms with Crippen LogP contribution in [-0.2, 0) is 38.3 Å². The monoisotopic (exact) mass is 945 g/mol. The molecule has 1 fully saturated rings. The Kier molecular flexibility index (Phi) is 41.1. The van der Waals surface area contributed by atoms with Gasteiger partial charge in [0, 0.05) is 13.0 Å². The summed E-state index contributed by atoms with van der Waals surface area (Å²) >= 11 is 0. The summed E-state index contributed by atoms with van der Waals surface area (Å²) in [5.41, 5.74) is 0. The quantitative estimate of drug-likeness (QED) is 0.0197. The van der Waals surface area contributed by atoms with Gasteiger partial charge in [-0.1, -0.05) is 185 Å². The maximum Gasteiger partial charge on any atom is 0.397 e. The average Bonchev–Trinajstić information content (AvgIpc) is 3.28. The lowest BCUT2D eigenvalue weighted by Crippen LogP contribution is -2.60. The zero-order valence-corrected chi connectivity index (χ0v) is 41.9. The van der Waals surface area contributed by atoms with E-state index in [-0.39, 0.29) is 19.6 Å². The molecule has 1 aliphatic rings. The van der Waals surface area contributed by atoms with E-state index in [9.17, 15) is 33.1 Å². The number of carbonyl (C=O) groups is 1. The lowest BCUT2D eigenvalue weighted by atomic mass is 9.99. The van der Waals surface area contributed by atoms with Gasteiger partial charge in [-0.2, -0.15) is 8.42 Å². The second-order valence-corrected chi connectivity index (χ2v) is 19.2. The van der Waals surface area contributed by atoms with Crippen LogP contribution in [0.5, 0.6) is 0 Å². The molecule has 6 unspecified atom stereocenters. The zero-order chi connectivity index (χ0) is 47.5. The van der Waals surface area contributed by atoms with Gasteiger partial charge in [-0.25, -0.2) is 4.18 Å². The summed E-state index contributed by atoms with van der Waals surface area (Å²) in [5.74, 6) is -0.403. The molecule has 6 atom stereocenters. The molecule has 1 aliphatic heterocycles. The molecule has 0 aromatic carbocycles. The fourth-order valence-corrected chi connectivity index (χ4v) is 8.50. The third-order valence-corrected chi connectivity index (χ3v) is 12.5. The minimum atomic E-state index is -5.07. The predicted molar refractivity (Wildman–Crippen MR) is 262 cm³/mol. The maximum atomic E-state index is 12.9. The Morgan fingerprint density at radius 1 is 0.585 bits per heavy atom. The Bertz CT molecular complexity index is 1270. The van der Waals surface area contributed by atoms with Crippen molar-refractivity contribution >= 4 is 16.4 Å². The van der Waals surface area contributed by atoms with Crippen molar-refractivity contribution in [3.8, 4) is 0 Å². The molecule has 0 amide bonds. The van der Waals surface area contributed by atoms with Crippen molar-refractivity contribution in [3.63, 3.8) is 0 Å². The fourth-order valence-electron chi connectivity index (χ4n) is 7.99. The Labute approximate surface area is 396 Å². The standard InChI is InChI=1S/C52H96O12S/c1-3-5-7-9-11-13-15-17-19-21-22-23-24-25-27-29-31-33-35-37-39-41-48(54)62-46(45-61-52-50(56)51(64-65(57,58)59)49(55)47(43-53)63-52)44-60-42-40-38-36-34-32-30-28-26-20-18-16-14-12-10-8-6-4-2/h14,16,20-22,26,46-47,49-53,55-56H,3-13,15,17-19,23-25,27-45H2,1-2H3,(H,57,58,59)/b16-14-,22-21-,26-20-. The molecule has 1 saturated heterocycles. The summed E-state index contributed by atoms with van der Waals surface area (Å²) in [6.45, 7) is 3.97. The van der Waals surface area contributed by atoms with Crippen molar-refractivity contribution < 1.29 is 56.2 Å². The van der Waals surface area contributed by atoms with Crippen molar-refractivity contribution in [2.75, 3.05) is 26.4 Å². The lowest BCUT2D eigenvalue weighted by molar-refractivity contribution is -0.301. The largest absolute Gasteiger partial charge is 0.457 e. The third-order valence-electron chi connectivity index (χ3n) is 12.0. The van der Waals surface area contributed by atoms with Crippen molar-refractivity contribution in [1.82, 2.24) is 0 Å². The summed E-state index contributed by atoms with van der Waals surface area (Å²) in [6, 6.07) is 0. The van der Waals surface area contributed by atoms with Gasteiger partial charge >= 0.3 is 16.4 Å². The number of hydrogen-bond donors (Lipinski definition) is 4. The van der Waals surface area contributed by atoms with E-state index in [1.165, 1.54) is 141 Å². The second kappa shape index (κ2) is 43.6. The first-order valence-corrected chi connectivity index (χ1v) is 27.6. The molecule has 0 aliphatic carbocycles. The molecule has 12 nitrogen and oxygen atoms in total. The minimum absolute atomic E-state index is 0.0293. The summed E-state index contributed by atoms with van der Waals surface area (Å²) < 4.78 is 59.3. The van der Waals surface area contributed by atoms with E-state index in [4.69, 9.17) is 18.9 Å². The van der Waals surface area contributed by atoms with Crippen LogP contribution in [0.3, 0.4) is 0 Å². The average molecular weight is 945 g/mol. The van der Waals surface area contributed by atoms with Crippen LogP contribution in [-0.4, -0.2) is 97.5 Å². The fraction of sp³-hybridized carbons (Fsp3) is 0.865. The highest BCUT2D eigenvalue weighted by atomic mass is 32.3. The van der Waals surface area contributed by atoms with E-state index < -0.39 is 59.8 Å². The predicted octanol–water partition coefficient (Wildman–Crippen LogP) is 12.1. The second-order valence-electron chi connectivity index (χ2n) is 18.1. The molecule has 65 heavy (non-hydrogen) atoms. The van der Waals surface area contributed by atoms with E-state index >= 15 is 0 Å². The molecule has 0 saturated carbocycles. The highest BCUT2D eigenvalue weighted by Crippen LogP contribution is 2.26. The molecular formula is C52H96O12S. The van der Waals surface area contributed by atoms with Gasteiger partial charge in [-0.05, 0) is 70.6 Å². The van der Waals surface area contributed by atoms with Crippen LogP contribution >= 0.6 is 0 Å². The lowest BCUT2D eigenvalue weighted by Gasteiger charge is -2.41. The molecule has 0 spiro atoms. The number of aliphatic hydroxyl groups is 3. The molecule has 0 bridgehead atoms. The number of hydrogen-bond acceptors (Lipinski definition) is 11. The number of aliphatic hydroxyl groups excluding tert-OH is 3. The first-order valence-electron chi connectivity index (χ1n) is 26.2. The number of rotatable bonds is 46. The number of esters is 1. The van der Waals surface area contributed by atoms with Gasteiger partial charge < -0.3 is 34.3 Å². The Morgan fingerprint density at radius 3 is 1.49 bits per heavy atom. The van der Waals surface area contributed by atoms with Gasteiger partial charge in [-0.3, -0.25) is 9.35 Å². The molecule has 0 radical (unpaired) electrons. The van der Waals surface area contributed by atoms with E-state index in [1.807, 2.05) is 0 Å². The Hall–Kier alpha value is -1.68. The van der Waals surface area contributed by atoms with E-state index in [2.05, 4.69) is 54.5 Å². The molecule has 0 aromatic rings. The molecule has 4 N–H and O–H groups in total. The third kappa shape index (κ3) is 37.0. The smallest absolute Gasteiger partial charge is 0.397 e. The SMILES string of the molecule is CCCCCC/C=C\C/C=C\CCCCCCCCOCC(COC1OC(CO)C(O)C(OS(=O)(=O)O)C1O)OC(=O)CCCCCCCCCCC/C=C\CCCCCCCCCC. The van der Waals surface area contributed by atoms with Crippen LogP contribution in [0.2, 0.25) is 0 Å². The van der Waals surface area contributed by atoms with Gasteiger partial charge in [0.2, 0.25) is 0 Å². The summed E-state index contributed by atoms with van der Waals surface area (Å²) in [6.07, 6.45) is 43.2. The first-order chi connectivity index (χ1) is 31.6. The van der Waals surface area contributed by atoms with Gasteiger partial charge in [0.15, 0.2) is 6.29 Å². The van der Waals surface area contributed by atoms with Crippen LogP contribution in [0.4, 0.5) is 0 Å². The van der Waals surface area contributed by atoms with Gasteiger partial charge in [0.05, 0.1) is 19.8 Å². The zero-order valence-electron chi connectivity index (χ0n) is 41.1. The van der Waals surface area contributed by atoms with Crippen molar-refractivity contribution in [1.29, 1.82) is 0 Å². The molecule has 382 valence electrons. The van der Waals surface area contributed by atoms with Crippen LogP contribution in [0.25, 0.3) is 0 Å². The molecule has 1 rings (SSSR count). The van der Waals surface area contributed by atoms with Crippen LogP contribution in [0.1, 0.15) is 226 Å². The number of ether oxygens (including phenoxy) is 4. The van der Waals surface area contributed by atoms with Gasteiger partial charge in [-0.15, -0.1) is 0 Å². The van der Waals surface area contributed by atoms with Crippen molar-refractivity contribution in [2.45, 2.75) is 263 Å². The number of unbranched alkanes of at least 4 members (excludes halogenated alkanes) is 27. The molecular weight excluding hydrogens is 849 g/mol. The molecule has 1 heterocycles. The molecule has 13 heteroatoms. The van der Waals surface area contributed by atoms with Gasteiger partial charge in [0.25, 0.3) is 0 Å². The van der Waals surface area contributed by atoms with Gasteiger partial charge in [0.1, 0.15) is 30.5 Å². The molecule has 0 aromatic heterocycles. The highest BCUT2D eigenvalue weighted by Gasteiger charge is 2.48. The van der Waals surface area contributed by atoms with Crippen molar-refractivity contribution in [3.05, 3.63) is 36.5 Å². The van der Waals surface area contributed by atoms with Crippen LogP contribution in [0.15, 0.2) is 36.5 Å². The summed E-state index contributed by atoms with van der Waals surface area (Å²) in [7, 11) is -5.07. The first kappa shape index (κ1) is 61.3. The normalized spacial score (nSPS) is 19.9. The van der Waals surface area contributed by atoms with E-state index in [1.54, 1.807) is 0 Å². The topological polar surface area (TPSA) is 178 Å². The van der Waals surface area contributed by atoms with Crippen LogP contribution in [0, 0.1) is 0 Å². The maximum absolute atomic E-state index is 12.9. The highest BCUT2D eigenvalue weighted by molar-refractivity contribution is 7.80. The number of carbonyl (C=O) groups excluding carboxylic acids is 1. The minimum Gasteiger partial charge on any atom is -0.457 e. The van der Waals surface area contributed by atoms with E-state index in [0.29, 0.717) is 13.0 Å². The number of allylic oxidation sites excluding steroid dienone is 6. The summed E-state index contributed by atoms with van der Waals surface area (Å²) in [5, 5.41) is 30.8. The summed E-state index contributed by atoms with van der Waals surface area (Å²) in [4.78, 5) is 12.9. The Morgan fingerprint density at radius 2 is 1.02 bits per heavy atom. The Balaban J connectivity index is 2.36. The van der Waals surface area contributed by atoms with Crippen LogP contribution < -0.4 is 0 Å².